The highest BCUT2D eigenvalue weighted by atomic mass is 16.5. The molecule has 2 nitrogen and oxygen atoms in total. The van der Waals surface area contributed by atoms with E-state index < -0.39 is 0 Å². The lowest BCUT2D eigenvalue weighted by atomic mass is 9.98. The van der Waals surface area contributed by atoms with Crippen LogP contribution in [0.3, 0.4) is 0 Å². The van der Waals surface area contributed by atoms with Crippen LogP contribution in [0.4, 0.5) is 0 Å². The first-order valence-electron chi connectivity index (χ1n) is 8.09. The highest BCUT2D eigenvalue weighted by Crippen LogP contribution is 2.29. The van der Waals surface area contributed by atoms with Crippen LogP contribution in [0.1, 0.15) is 65.0 Å². The lowest BCUT2D eigenvalue weighted by Gasteiger charge is -2.25. The van der Waals surface area contributed by atoms with Gasteiger partial charge in [-0.1, -0.05) is 25.0 Å². The lowest BCUT2D eigenvalue weighted by molar-refractivity contribution is 0.242. The van der Waals surface area contributed by atoms with E-state index in [-0.39, 0.29) is 6.10 Å². The second kappa shape index (κ2) is 7.12. The van der Waals surface area contributed by atoms with Gasteiger partial charge in [0.2, 0.25) is 0 Å². The third kappa shape index (κ3) is 4.24. The van der Waals surface area contributed by atoms with E-state index in [4.69, 9.17) is 4.74 Å². The maximum atomic E-state index is 5.78. The van der Waals surface area contributed by atoms with Crippen molar-refractivity contribution in [2.75, 3.05) is 0 Å². The molecule has 1 aromatic carbocycles. The molecule has 0 amide bonds. The summed E-state index contributed by atoms with van der Waals surface area (Å²) in [6, 6.07) is 9.45. The van der Waals surface area contributed by atoms with Crippen LogP contribution in [0.2, 0.25) is 0 Å². The zero-order valence-corrected chi connectivity index (χ0v) is 13.4. The molecular formula is C18H29NO. The summed E-state index contributed by atoms with van der Waals surface area (Å²) in [5.74, 6) is 1.83. The van der Waals surface area contributed by atoms with Crippen molar-refractivity contribution >= 4 is 0 Å². The summed E-state index contributed by atoms with van der Waals surface area (Å²) in [5.41, 5.74) is 1.31. The third-order valence-electron chi connectivity index (χ3n) is 4.35. The van der Waals surface area contributed by atoms with Crippen molar-refractivity contribution in [3.8, 4) is 5.75 Å². The van der Waals surface area contributed by atoms with Gasteiger partial charge < -0.3 is 10.1 Å². The molecule has 0 aliphatic heterocycles. The van der Waals surface area contributed by atoms with Crippen molar-refractivity contribution in [2.24, 2.45) is 5.92 Å². The van der Waals surface area contributed by atoms with E-state index in [1.54, 1.807) is 0 Å². The van der Waals surface area contributed by atoms with Gasteiger partial charge in [0.25, 0.3) is 0 Å². The van der Waals surface area contributed by atoms with Crippen LogP contribution in [0, 0.1) is 5.92 Å². The Hall–Kier alpha value is -1.02. The lowest BCUT2D eigenvalue weighted by Crippen LogP contribution is -2.34. The fourth-order valence-electron chi connectivity index (χ4n) is 3.21. The summed E-state index contributed by atoms with van der Waals surface area (Å²) < 4.78 is 5.78. The summed E-state index contributed by atoms with van der Waals surface area (Å²) in [7, 11) is 0. The van der Waals surface area contributed by atoms with Crippen molar-refractivity contribution in [1.29, 1.82) is 0 Å². The number of hydrogen-bond donors (Lipinski definition) is 1. The molecule has 20 heavy (non-hydrogen) atoms. The molecule has 2 heteroatoms. The molecule has 0 bridgehead atoms. The molecule has 1 fully saturated rings. The zero-order valence-electron chi connectivity index (χ0n) is 13.4. The number of nitrogens with one attached hydrogen (secondary N) is 1. The average Bonchev–Trinajstić information content (AvgIpc) is 2.92. The predicted molar refractivity (Wildman–Crippen MR) is 85.2 cm³/mol. The Balaban J connectivity index is 1.95. The van der Waals surface area contributed by atoms with Crippen molar-refractivity contribution in [3.63, 3.8) is 0 Å². The van der Waals surface area contributed by atoms with Gasteiger partial charge in [-0.25, -0.2) is 0 Å². The largest absolute Gasteiger partial charge is 0.491 e. The second-order valence-corrected chi connectivity index (χ2v) is 6.46. The molecule has 2 rings (SSSR count). The van der Waals surface area contributed by atoms with Gasteiger partial charge in [-0.15, -0.1) is 0 Å². The molecule has 0 heterocycles. The highest BCUT2D eigenvalue weighted by molar-refractivity contribution is 5.30. The Morgan fingerprint density at radius 1 is 1.10 bits per heavy atom. The van der Waals surface area contributed by atoms with Gasteiger partial charge in [0.15, 0.2) is 0 Å². The number of hydrogen-bond acceptors (Lipinski definition) is 2. The van der Waals surface area contributed by atoms with Gasteiger partial charge in [-0.2, -0.15) is 0 Å². The summed E-state index contributed by atoms with van der Waals surface area (Å²) >= 11 is 0. The van der Waals surface area contributed by atoms with E-state index >= 15 is 0 Å². The van der Waals surface area contributed by atoms with Crippen LogP contribution >= 0.6 is 0 Å². The molecule has 0 spiro atoms. The summed E-state index contributed by atoms with van der Waals surface area (Å²) in [5, 5.41) is 3.76. The minimum atomic E-state index is 0.228. The number of rotatable bonds is 6. The molecule has 1 aliphatic carbocycles. The fraction of sp³-hybridized carbons (Fsp3) is 0.667. The molecule has 1 saturated carbocycles. The van der Waals surface area contributed by atoms with Crippen LogP contribution in [-0.4, -0.2) is 12.1 Å². The fourth-order valence-corrected chi connectivity index (χ4v) is 3.21. The zero-order chi connectivity index (χ0) is 14.5. The van der Waals surface area contributed by atoms with Crippen molar-refractivity contribution in [1.82, 2.24) is 5.32 Å². The first-order chi connectivity index (χ1) is 9.56. The molecule has 0 aromatic heterocycles. The van der Waals surface area contributed by atoms with E-state index in [1.165, 1.54) is 31.2 Å². The minimum Gasteiger partial charge on any atom is -0.491 e. The van der Waals surface area contributed by atoms with E-state index in [2.05, 4.69) is 51.2 Å². The topological polar surface area (TPSA) is 21.3 Å². The van der Waals surface area contributed by atoms with Crippen LogP contribution < -0.4 is 10.1 Å². The Morgan fingerprint density at radius 3 is 2.45 bits per heavy atom. The average molecular weight is 275 g/mol. The molecule has 2 atom stereocenters. The van der Waals surface area contributed by atoms with Crippen LogP contribution in [0.5, 0.6) is 5.75 Å². The van der Waals surface area contributed by atoms with E-state index in [1.807, 2.05) is 6.07 Å². The summed E-state index contributed by atoms with van der Waals surface area (Å²) in [4.78, 5) is 0. The maximum Gasteiger partial charge on any atom is 0.120 e. The highest BCUT2D eigenvalue weighted by Gasteiger charge is 2.22. The molecule has 2 unspecified atom stereocenters. The first-order valence-corrected chi connectivity index (χ1v) is 8.09. The van der Waals surface area contributed by atoms with E-state index in [9.17, 15) is 0 Å². The molecule has 1 aliphatic rings. The van der Waals surface area contributed by atoms with Gasteiger partial charge >= 0.3 is 0 Å². The standard InChI is InChI=1S/C18H29NO/c1-13(2)20-18-11-7-10-17(12-18)15(4)19-14(3)16-8-5-6-9-16/h7,10-16,19H,5-6,8-9H2,1-4H3. The Kier molecular flexibility index (Phi) is 5.47. The smallest absolute Gasteiger partial charge is 0.120 e. The van der Waals surface area contributed by atoms with E-state index in [0.717, 1.165) is 11.7 Å². The summed E-state index contributed by atoms with van der Waals surface area (Å²) in [6.07, 6.45) is 5.81. The monoisotopic (exact) mass is 275 g/mol. The number of ether oxygens (including phenoxy) is 1. The van der Waals surface area contributed by atoms with Crippen molar-refractivity contribution < 1.29 is 4.74 Å². The Labute approximate surface area is 123 Å². The third-order valence-corrected chi connectivity index (χ3v) is 4.35. The van der Waals surface area contributed by atoms with Crippen molar-refractivity contribution in [3.05, 3.63) is 29.8 Å². The summed E-state index contributed by atoms with van der Waals surface area (Å²) in [6.45, 7) is 8.72. The van der Waals surface area contributed by atoms with E-state index in [0.29, 0.717) is 12.1 Å². The molecular weight excluding hydrogens is 246 g/mol. The molecule has 1 aromatic rings. The van der Waals surface area contributed by atoms with Crippen LogP contribution in [0.25, 0.3) is 0 Å². The first kappa shape index (κ1) is 15.4. The van der Waals surface area contributed by atoms with Gasteiger partial charge in [0, 0.05) is 12.1 Å². The minimum absolute atomic E-state index is 0.228. The predicted octanol–water partition coefficient (Wildman–Crippen LogP) is 4.70. The number of benzene rings is 1. The maximum absolute atomic E-state index is 5.78. The van der Waals surface area contributed by atoms with Crippen LogP contribution in [-0.2, 0) is 0 Å². The van der Waals surface area contributed by atoms with Gasteiger partial charge in [-0.05, 0) is 64.2 Å². The van der Waals surface area contributed by atoms with Crippen molar-refractivity contribution in [2.45, 2.75) is 71.6 Å². The van der Waals surface area contributed by atoms with Gasteiger partial charge in [-0.3, -0.25) is 0 Å². The second-order valence-electron chi connectivity index (χ2n) is 6.46. The Bertz CT molecular complexity index is 410. The Morgan fingerprint density at radius 2 is 1.80 bits per heavy atom. The molecule has 0 saturated heterocycles. The van der Waals surface area contributed by atoms with Gasteiger partial charge in [0.05, 0.1) is 6.10 Å². The quantitative estimate of drug-likeness (QED) is 0.812. The molecule has 1 N–H and O–H groups in total. The molecule has 112 valence electrons. The normalized spacial score (nSPS) is 19.2. The van der Waals surface area contributed by atoms with Gasteiger partial charge in [0.1, 0.15) is 5.75 Å². The van der Waals surface area contributed by atoms with Crippen LogP contribution in [0.15, 0.2) is 24.3 Å². The molecule has 0 radical (unpaired) electrons. The SMILES string of the molecule is CC(C)Oc1cccc(C(C)NC(C)C2CCCC2)c1.